The number of phenols is 1. The maximum Gasteiger partial charge on any atom is 0.296 e. The molecule has 0 aliphatic rings. The number of halogens is 1. The van der Waals surface area contributed by atoms with Crippen LogP contribution in [0.3, 0.4) is 0 Å². The van der Waals surface area contributed by atoms with Crippen LogP contribution in [0.25, 0.3) is 10.8 Å². The molecular formula is C20H17BrN4O8S2. The van der Waals surface area contributed by atoms with Gasteiger partial charge in [0.25, 0.3) is 26.1 Å². The molecule has 0 radical (unpaired) electrons. The van der Waals surface area contributed by atoms with E-state index in [2.05, 4.69) is 43.4 Å². The van der Waals surface area contributed by atoms with Gasteiger partial charge in [0, 0.05) is 18.8 Å². The van der Waals surface area contributed by atoms with Crippen molar-refractivity contribution >= 4 is 75.6 Å². The Morgan fingerprint density at radius 3 is 2.26 bits per heavy atom. The van der Waals surface area contributed by atoms with E-state index in [1.165, 1.54) is 24.3 Å². The van der Waals surface area contributed by atoms with E-state index in [1.54, 1.807) is 7.05 Å². The summed E-state index contributed by atoms with van der Waals surface area (Å²) in [4.78, 5) is 10.6. The maximum atomic E-state index is 11.9. The molecule has 35 heavy (non-hydrogen) atoms. The first kappa shape index (κ1) is 26.2. The standard InChI is InChI=1S/C20H17BrN4O8S2/c1-10(21)20(27)23-12-4-6-14(17(8-12)35(31,32)33)24-25-19-15(22-2)5-3-11-7-13(34(28,29)30)9-16(26)18(11)19/h3-9,22,26H,1H2,2H3,(H,23,27)(H,28,29,30)(H,31,32,33). The van der Waals surface area contributed by atoms with E-state index < -0.39 is 41.7 Å². The summed E-state index contributed by atoms with van der Waals surface area (Å²) in [5.74, 6) is -1.18. The normalized spacial score (nSPS) is 12.1. The van der Waals surface area contributed by atoms with Gasteiger partial charge < -0.3 is 15.7 Å². The number of anilines is 2. The lowest BCUT2D eigenvalue weighted by atomic mass is 10.1. The summed E-state index contributed by atoms with van der Waals surface area (Å²) >= 11 is 2.89. The number of azo groups is 1. The van der Waals surface area contributed by atoms with Gasteiger partial charge in [-0.2, -0.15) is 16.8 Å². The molecule has 0 spiro atoms. The van der Waals surface area contributed by atoms with Crippen molar-refractivity contribution < 1.29 is 35.8 Å². The number of phenolic OH excluding ortho intramolecular Hbond substituents is 1. The molecular weight excluding hydrogens is 568 g/mol. The monoisotopic (exact) mass is 584 g/mol. The van der Waals surface area contributed by atoms with Gasteiger partial charge in [-0.3, -0.25) is 13.9 Å². The van der Waals surface area contributed by atoms with Gasteiger partial charge in [-0.05, 0) is 51.6 Å². The van der Waals surface area contributed by atoms with Crippen LogP contribution in [0.4, 0.5) is 22.7 Å². The molecule has 0 heterocycles. The van der Waals surface area contributed by atoms with Crippen molar-refractivity contribution in [3.8, 4) is 5.75 Å². The Labute approximate surface area is 208 Å². The number of aromatic hydroxyl groups is 1. The summed E-state index contributed by atoms with van der Waals surface area (Å²) in [6, 6.07) is 8.37. The molecule has 15 heteroatoms. The van der Waals surface area contributed by atoms with E-state index in [4.69, 9.17) is 0 Å². The van der Waals surface area contributed by atoms with Crippen molar-refractivity contribution in [3.63, 3.8) is 0 Å². The summed E-state index contributed by atoms with van der Waals surface area (Å²) in [7, 11) is -7.86. The summed E-state index contributed by atoms with van der Waals surface area (Å²) < 4.78 is 65.8. The quantitative estimate of drug-likeness (QED) is 0.152. The SMILES string of the molecule is C=C(Br)C(=O)Nc1ccc(N=Nc2c(NC)ccc3cc(S(=O)(=O)O)cc(O)c23)c(S(=O)(=O)O)c1. The molecule has 0 aliphatic carbocycles. The van der Waals surface area contributed by atoms with Crippen LogP contribution in [0.2, 0.25) is 0 Å². The zero-order valence-corrected chi connectivity index (χ0v) is 20.9. The molecule has 1 amide bonds. The van der Waals surface area contributed by atoms with Crippen LogP contribution in [0.5, 0.6) is 5.75 Å². The number of hydrogen-bond acceptors (Lipinski definition) is 9. The Morgan fingerprint density at radius 2 is 1.69 bits per heavy atom. The molecule has 3 aromatic carbocycles. The Morgan fingerprint density at radius 1 is 1.00 bits per heavy atom. The highest BCUT2D eigenvalue weighted by Crippen LogP contribution is 2.42. The molecule has 0 bridgehead atoms. The van der Waals surface area contributed by atoms with Gasteiger partial charge in [0.05, 0.1) is 20.5 Å². The fourth-order valence-corrected chi connectivity index (χ4v) is 4.32. The fourth-order valence-electron chi connectivity index (χ4n) is 3.04. The largest absolute Gasteiger partial charge is 0.507 e. The fraction of sp³-hybridized carbons (Fsp3) is 0.0500. The molecule has 3 aromatic rings. The van der Waals surface area contributed by atoms with Crippen molar-refractivity contribution in [2.75, 3.05) is 17.7 Å². The van der Waals surface area contributed by atoms with Crippen molar-refractivity contribution in [1.82, 2.24) is 0 Å². The molecule has 0 unspecified atom stereocenters. The van der Waals surface area contributed by atoms with Crippen molar-refractivity contribution in [2.24, 2.45) is 10.2 Å². The first-order valence-electron chi connectivity index (χ1n) is 9.36. The molecule has 0 atom stereocenters. The van der Waals surface area contributed by atoms with Gasteiger partial charge in [-0.25, -0.2) is 0 Å². The predicted molar refractivity (Wildman–Crippen MR) is 132 cm³/mol. The zero-order chi connectivity index (χ0) is 26.1. The van der Waals surface area contributed by atoms with Gasteiger partial charge in [0.15, 0.2) is 0 Å². The third-order valence-corrected chi connectivity index (χ3v) is 6.68. The average Bonchev–Trinajstić information content (AvgIpc) is 2.76. The number of fused-ring (bicyclic) bond motifs is 1. The van der Waals surface area contributed by atoms with Gasteiger partial charge in [0.2, 0.25) is 0 Å². The van der Waals surface area contributed by atoms with E-state index in [0.717, 1.165) is 18.2 Å². The first-order valence-corrected chi connectivity index (χ1v) is 13.0. The minimum atomic E-state index is -4.80. The summed E-state index contributed by atoms with van der Waals surface area (Å²) in [6.07, 6.45) is 0. The lowest BCUT2D eigenvalue weighted by molar-refractivity contribution is -0.112. The molecule has 0 aromatic heterocycles. The van der Waals surface area contributed by atoms with E-state index in [0.29, 0.717) is 5.69 Å². The summed E-state index contributed by atoms with van der Waals surface area (Å²) in [5.41, 5.74) is 0.0813. The van der Waals surface area contributed by atoms with Gasteiger partial charge in [0.1, 0.15) is 22.0 Å². The number of carbonyl (C=O) groups excluding carboxylic acids is 1. The number of benzene rings is 3. The number of nitrogens with one attached hydrogen (secondary N) is 2. The van der Waals surface area contributed by atoms with Gasteiger partial charge >= 0.3 is 0 Å². The van der Waals surface area contributed by atoms with Crippen LogP contribution < -0.4 is 10.6 Å². The number of rotatable bonds is 7. The Balaban J connectivity index is 2.18. The molecule has 3 rings (SSSR count). The van der Waals surface area contributed by atoms with Crippen LogP contribution in [0, 0.1) is 0 Å². The summed E-state index contributed by atoms with van der Waals surface area (Å²) in [6.45, 7) is 3.40. The lowest BCUT2D eigenvalue weighted by Gasteiger charge is -2.11. The van der Waals surface area contributed by atoms with E-state index in [1.807, 2.05) is 0 Å². The van der Waals surface area contributed by atoms with E-state index in [-0.39, 0.29) is 32.3 Å². The predicted octanol–water partition coefficient (Wildman–Crippen LogP) is 4.34. The van der Waals surface area contributed by atoms with Crippen molar-refractivity contribution in [1.29, 1.82) is 0 Å². The van der Waals surface area contributed by atoms with Gasteiger partial charge in [-0.1, -0.05) is 12.6 Å². The highest BCUT2D eigenvalue weighted by molar-refractivity contribution is 9.12. The number of carbonyl (C=O) groups is 1. The zero-order valence-electron chi connectivity index (χ0n) is 17.7. The topological polar surface area (TPSA) is 195 Å². The summed E-state index contributed by atoms with van der Waals surface area (Å²) in [5, 5.41) is 23.8. The van der Waals surface area contributed by atoms with Crippen molar-refractivity contribution in [2.45, 2.75) is 9.79 Å². The number of amides is 1. The van der Waals surface area contributed by atoms with Crippen LogP contribution >= 0.6 is 15.9 Å². The molecule has 0 saturated heterocycles. The Kier molecular flexibility index (Phi) is 7.28. The number of hydrogen-bond donors (Lipinski definition) is 5. The van der Waals surface area contributed by atoms with Crippen LogP contribution in [0.1, 0.15) is 0 Å². The number of nitrogens with zero attached hydrogens (tertiary/aromatic N) is 2. The molecule has 0 saturated carbocycles. The minimum absolute atomic E-state index is 0.0119. The second-order valence-electron chi connectivity index (χ2n) is 6.94. The first-order chi connectivity index (χ1) is 16.2. The molecule has 12 nitrogen and oxygen atoms in total. The third-order valence-electron chi connectivity index (χ3n) is 4.61. The van der Waals surface area contributed by atoms with Crippen LogP contribution in [-0.4, -0.2) is 44.0 Å². The van der Waals surface area contributed by atoms with Crippen LogP contribution in [0.15, 0.2) is 73.5 Å². The molecule has 0 fully saturated rings. The van der Waals surface area contributed by atoms with Crippen molar-refractivity contribution in [3.05, 3.63) is 53.5 Å². The maximum absolute atomic E-state index is 11.9. The Bertz CT molecular complexity index is 1620. The second-order valence-corrected chi connectivity index (χ2v) is 10.7. The van der Waals surface area contributed by atoms with E-state index in [9.17, 15) is 35.8 Å². The minimum Gasteiger partial charge on any atom is -0.507 e. The lowest BCUT2D eigenvalue weighted by Crippen LogP contribution is -2.11. The van der Waals surface area contributed by atoms with Crippen LogP contribution in [-0.2, 0) is 25.0 Å². The molecule has 0 aliphatic heterocycles. The molecule has 5 N–H and O–H groups in total. The van der Waals surface area contributed by atoms with Gasteiger partial charge in [-0.15, -0.1) is 10.2 Å². The molecule has 184 valence electrons. The van der Waals surface area contributed by atoms with E-state index >= 15 is 0 Å². The third kappa shape index (κ3) is 5.83. The highest BCUT2D eigenvalue weighted by Gasteiger charge is 2.20. The highest BCUT2D eigenvalue weighted by atomic mass is 79.9. The average molecular weight is 585 g/mol. The second kappa shape index (κ2) is 9.71. The smallest absolute Gasteiger partial charge is 0.296 e. The Hall–Kier alpha value is -3.37.